The lowest BCUT2D eigenvalue weighted by Crippen LogP contribution is -2.26. The van der Waals surface area contributed by atoms with Gasteiger partial charge in [0.1, 0.15) is 4.88 Å². The van der Waals surface area contributed by atoms with Crippen molar-refractivity contribution in [3.05, 3.63) is 64.1 Å². The van der Waals surface area contributed by atoms with Gasteiger partial charge < -0.3 is 5.32 Å². The highest BCUT2D eigenvalue weighted by molar-refractivity contribution is 7.13. The van der Waals surface area contributed by atoms with E-state index in [0.29, 0.717) is 10.8 Å². The van der Waals surface area contributed by atoms with Gasteiger partial charge in [0.15, 0.2) is 0 Å². The van der Waals surface area contributed by atoms with Gasteiger partial charge in [-0.15, -0.1) is 11.3 Å². The Morgan fingerprint density at radius 1 is 1.22 bits per heavy atom. The monoisotopic (exact) mass is 322 g/mol. The molecule has 1 atom stereocenters. The third-order valence-electron chi connectivity index (χ3n) is 4.31. The van der Waals surface area contributed by atoms with E-state index in [4.69, 9.17) is 0 Å². The minimum absolute atomic E-state index is 0.0326. The summed E-state index contributed by atoms with van der Waals surface area (Å²) in [6.07, 6.45) is 4.13. The standard InChI is InChI=1S/C19H18N2OS/c1-12(15-8-4-6-13-5-2-3-7-16(13)15)21-18(22)17-11-20-19(23-17)14-9-10-14/h2-8,11-12,14H,9-10H2,1H3,(H,21,22). The van der Waals surface area contributed by atoms with E-state index in [-0.39, 0.29) is 11.9 Å². The molecule has 0 saturated heterocycles. The van der Waals surface area contributed by atoms with Gasteiger partial charge >= 0.3 is 0 Å². The van der Waals surface area contributed by atoms with Crippen molar-refractivity contribution in [1.82, 2.24) is 10.3 Å². The van der Waals surface area contributed by atoms with Crippen LogP contribution in [-0.4, -0.2) is 10.9 Å². The first-order valence-corrected chi connectivity index (χ1v) is 8.78. The molecule has 1 saturated carbocycles. The van der Waals surface area contributed by atoms with Crippen LogP contribution in [0.5, 0.6) is 0 Å². The number of amides is 1. The van der Waals surface area contributed by atoms with Crippen molar-refractivity contribution in [2.24, 2.45) is 0 Å². The Labute approximate surface area is 139 Å². The van der Waals surface area contributed by atoms with Crippen LogP contribution in [0.3, 0.4) is 0 Å². The Hall–Kier alpha value is -2.20. The van der Waals surface area contributed by atoms with Gasteiger partial charge in [0.2, 0.25) is 0 Å². The highest BCUT2D eigenvalue weighted by atomic mass is 32.1. The zero-order valence-corrected chi connectivity index (χ0v) is 13.8. The molecular formula is C19H18N2OS. The molecule has 1 N–H and O–H groups in total. The number of carbonyl (C=O) groups excluding carboxylic acids is 1. The largest absolute Gasteiger partial charge is 0.345 e. The van der Waals surface area contributed by atoms with Gasteiger partial charge in [-0.1, -0.05) is 42.5 Å². The number of hydrogen-bond donors (Lipinski definition) is 1. The number of carbonyl (C=O) groups is 1. The predicted octanol–water partition coefficient (Wildman–Crippen LogP) is 4.66. The molecule has 3 nitrogen and oxygen atoms in total. The second kappa shape index (κ2) is 5.78. The molecule has 0 radical (unpaired) electrons. The van der Waals surface area contributed by atoms with Crippen LogP contribution in [0.2, 0.25) is 0 Å². The molecule has 116 valence electrons. The second-order valence-corrected chi connectivity index (χ2v) is 7.16. The fourth-order valence-electron chi connectivity index (χ4n) is 2.89. The lowest BCUT2D eigenvalue weighted by atomic mass is 10.00. The molecule has 0 spiro atoms. The molecule has 1 heterocycles. The highest BCUT2D eigenvalue weighted by Crippen LogP contribution is 2.41. The summed E-state index contributed by atoms with van der Waals surface area (Å²) in [5.41, 5.74) is 1.14. The summed E-state index contributed by atoms with van der Waals surface area (Å²) in [6.45, 7) is 2.03. The molecule has 4 rings (SSSR count). The van der Waals surface area contributed by atoms with Crippen LogP contribution < -0.4 is 5.32 Å². The molecule has 0 aliphatic heterocycles. The summed E-state index contributed by atoms with van der Waals surface area (Å²) in [6, 6.07) is 14.4. The van der Waals surface area contributed by atoms with E-state index in [1.165, 1.54) is 35.0 Å². The Morgan fingerprint density at radius 2 is 2.00 bits per heavy atom. The quantitative estimate of drug-likeness (QED) is 0.759. The van der Waals surface area contributed by atoms with Crippen LogP contribution in [0.4, 0.5) is 0 Å². The van der Waals surface area contributed by atoms with Crippen LogP contribution in [0.1, 0.15) is 52.0 Å². The summed E-state index contributed by atoms with van der Waals surface area (Å²) >= 11 is 1.53. The fourth-order valence-corrected chi connectivity index (χ4v) is 3.88. The summed E-state index contributed by atoms with van der Waals surface area (Å²) < 4.78 is 0. The topological polar surface area (TPSA) is 42.0 Å². The molecular weight excluding hydrogens is 304 g/mol. The third-order valence-corrected chi connectivity index (χ3v) is 5.47. The molecule has 23 heavy (non-hydrogen) atoms. The Bertz CT molecular complexity index is 861. The van der Waals surface area contributed by atoms with Gasteiger partial charge in [-0.05, 0) is 36.1 Å². The molecule has 1 fully saturated rings. The first kappa shape index (κ1) is 14.4. The van der Waals surface area contributed by atoms with Crippen LogP contribution in [0, 0.1) is 0 Å². The van der Waals surface area contributed by atoms with E-state index in [2.05, 4.69) is 34.6 Å². The maximum absolute atomic E-state index is 12.5. The Balaban J connectivity index is 1.56. The van der Waals surface area contributed by atoms with Crippen LogP contribution in [0.15, 0.2) is 48.7 Å². The number of rotatable bonds is 4. The van der Waals surface area contributed by atoms with Crippen molar-refractivity contribution in [2.75, 3.05) is 0 Å². The number of benzene rings is 2. The number of nitrogens with one attached hydrogen (secondary N) is 1. The van der Waals surface area contributed by atoms with Gasteiger partial charge in [-0.25, -0.2) is 4.98 Å². The molecule has 1 aliphatic rings. The van der Waals surface area contributed by atoms with E-state index < -0.39 is 0 Å². The van der Waals surface area contributed by atoms with E-state index in [1.807, 2.05) is 25.1 Å². The van der Waals surface area contributed by atoms with Gasteiger partial charge in [-0.3, -0.25) is 4.79 Å². The number of nitrogens with zero attached hydrogens (tertiary/aromatic N) is 1. The number of hydrogen-bond acceptors (Lipinski definition) is 3. The lowest BCUT2D eigenvalue weighted by molar-refractivity contribution is 0.0944. The lowest BCUT2D eigenvalue weighted by Gasteiger charge is -2.16. The van der Waals surface area contributed by atoms with E-state index in [9.17, 15) is 4.79 Å². The zero-order valence-electron chi connectivity index (χ0n) is 13.0. The predicted molar refractivity (Wildman–Crippen MR) is 93.9 cm³/mol. The first-order chi connectivity index (χ1) is 11.2. The van der Waals surface area contributed by atoms with E-state index in [1.54, 1.807) is 6.20 Å². The van der Waals surface area contributed by atoms with Crippen molar-refractivity contribution in [2.45, 2.75) is 31.7 Å². The third kappa shape index (κ3) is 2.86. The maximum atomic E-state index is 12.5. The van der Waals surface area contributed by atoms with Gasteiger partial charge in [0.25, 0.3) is 5.91 Å². The SMILES string of the molecule is CC(NC(=O)c1cnc(C2CC2)s1)c1cccc2ccccc12. The van der Waals surface area contributed by atoms with Crippen molar-refractivity contribution >= 4 is 28.0 Å². The van der Waals surface area contributed by atoms with E-state index in [0.717, 1.165) is 10.6 Å². The smallest absolute Gasteiger partial charge is 0.263 e. The van der Waals surface area contributed by atoms with Crippen LogP contribution in [0.25, 0.3) is 10.8 Å². The summed E-state index contributed by atoms with van der Waals surface area (Å²) in [5.74, 6) is 0.562. The molecule has 1 aliphatic carbocycles. The highest BCUT2D eigenvalue weighted by Gasteiger charge is 2.27. The number of fused-ring (bicyclic) bond motifs is 1. The van der Waals surface area contributed by atoms with Crippen LogP contribution >= 0.6 is 11.3 Å². The van der Waals surface area contributed by atoms with Gasteiger partial charge in [0.05, 0.1) is 17.2 Å². The Kier molecular flexibility index (Phi) is 3.62. The zero-order chi connectivity index (χ0) is 15.8. The molecule has 1 unspecified atom stereocenters. The number of aromatic nitrogens is 1. The Morgan fingerprint density at radius 3 is 2.83 bits per heavy atom. The minimum Gasteiger partial charge on any atom is -0.345 e. The summed E-state index contributed by atoms with van der Waals surface area (Å²) in [7, 11) is 0. The van der Waals surface area contributed by atoms with Crippen molar-refractivity contribution in [3.63, 3.8) is 0 Å². The summed E-state index contributed by atoms with van der Waals surface area (Å²) in [4.78, 5) is 17.6. The molecule has 0 bridgehead atoms. The van der Waals surface area contributed by atoms with Gasteiger partial charge in [-0.2, -0.15) is 0 Å². The molecule has 1 amide bonds. The average molecular weight is 322 g/mol. The van der Waals surface area contributed by atoms with E-state index >= 15 is 0 Å². The minimum atomic E-state index is -0.0416. The summed E-state index contributed by atoms with van der Waals surface area (Å²) in [5, 5.41) is 6.59. The molecule has 4 heteroatoms. The van der Waals surface area contributed by atoms with Crippen molar-refractivity contribution < 1.29 is 4.79 Å². The normalized spacial score (nSPS) is 15.5. The first-order valence-electron chi connectivity index (χ1n) is 7.96. The average Bonchev–Trinajstić information content (AvgIpc) is 3.31. The molecule has 2 aromatic carbocycles. The maximum Gasteiger partial charge on any atom is 0.263 e. The van der Waals surface area contributed by atoms with Gasteiger partial charge in [0, 0.05) is 5.92 Å². The second-order valence-electron chi connectivity index (χ2n) is 6.10. The molecule has 3 aromatic rings. The van der Waals surface area contributed by atoms with Crippen LogP contribution in [-0.2, 0) is 0 Å². The molecule has 1 aromatic heterocycles. The van der Waals surface area contributed by atoms with Crippen molar-refractivity contribution in [3.8, 4) is 0 Å². The number of thiazole rings is 1. The van der Waals surface area contributed by atoms with Crippen molar-refractivity contribution in [1.29, 1.82) is 0 Å². The fraction of sp³-hybridized carbons (Fsp3) is 0.263.